The molecule has 0 atom stereocenters. The first-order chi connectivity index (χ1) is 14.7. The molecule has 4 rings (SSSR count). The van der Waals surface area contributed by atoms with Crippen LogP contribution in [0.1, 0.15) is 12.3 Å². The molecule has 0 fully saturated rings. The molecule has 0 saturated heterocycles. The zero-order valence-corrected chi connectivity index (χ0v) is 16.1. The molecule has 1 amide bonds. The molecular weight excluding hydrogens is 381 g/mol. The van der Waals surface area contributed by atoms with Crippen LogP contribution < -0.4 is 10.6 Å². The van der Waals surface area contributed by atoms with Crippen LogP contribution in [0.25, 0.3) is 11.3 Å². The van der Waals surface area contributed by atoms with E-state index in [1.807, 2.05) is 54.6 Å². The molecule has 5 nitrogen and oxygen atoms in total. The summed E-state index contributed by atoms with van der Waals surface area (Å²) >= 11 is 0. The summed E-state index contributed by atoms with van der Waals surface area (Å²) in [6, 6.07) is 23.4. The van der Waals surface area contributed by atoms with E-state index >= 15 is 0 Å². The smallest absolute Gasteiger partial charge is 0.224 e. The summed E-state index contributed by atoms with van der Waals surface area (Å²) in [6.45, 7) is 0. The molecule has 0 spiro atoms. The summed E-state index contributed by atoms with van der Waals surface area (Å²) in [5.74, 6) is 0.582. The summed E-state index contributed by atoms with van der Waals surface area (Å²) in [5.41, 5.74) is 3.40. The molecule has 0 aliphatic heterocycles. The highest BCUT2D eigenvalue weighted by molar-refractivity contribution is 5.91. The van der Waals surface area contributed by atoms with Crippen molar-refractivity contribution in [2.24, 2.45) is 0 Å². The van der Waals surface area contributed by atoms with E-state index < -0.39 is 0 Å². The lowest BCUT2D eigenvalue weighted by molar-refractivity contribution is -0.116. The van der Waals surface area contributed by atoms with Gasteiger partial charge in [0.15, 0.2) is 11.7 Å². The molecular formula is C24H20FN3O2. The van der Waals surface area contributed by atoms with Crippen LogP contribution in [0.3, 0.4) is 0 Å². The van der Waals surface area contributed by atoms with Crippen LogP contribution in [0.5, 0.6) is 0 Å². The maximum atomic E-state index is 13.0. The van der Waals surface area contributed by atoms with Crippen molar-refractivity contribution in [1.29, 1.82) is 0 Å². The van der Waals surface area contributed by atoms with Gasteiger partial charge in [0.2, 0.25) is 5.91 Å². The topological polar surface area (TPSA) is 67.2 Å². The van der Waals surface area contributed by atoms with Gasteiger partial charge in [0.25, 0.3) is 0 Å². The Morgan fingerprint density at radius 2 is 1.53 bits per heavy atom. The van der Waals surface area contributed by atoms with E-state index in [1.165, 1.54) is 12.1 Å². The van der Waals surface area contributed by atoms with E-state index in [-0.39, 0.29) is 18.1 Å². The van der Waals surface area contributed by atoms with Crippen molar-refractivity contribution in [3.8, 4) is 11.3 Å². The number of carbonyl (C=O) groups is 1. The quantitative estimate of drug-likeness (QED) is 0.411. The fraction of sp³-hybridized carbons (Fsp3) is 0.0833. The Balaban J connectivity index is 1.28. The maximum Gasteiger partial charge on any atom is 0.224 e. The predicted octanol–water partition coefficient (Wildman–Crippen LogP) is 5.80. The van der Waals surface area contributed by atoms with Crippen LogP contribution >= 0.6 is 0 Å². The van der Waals surface area contributed by atoms with Crippen molar-refractivity contribution >= 4 is 23.0 Å². The molecule has 150 valence electrons. The summed E-state index contributed by atoms with van der Waals surface area (Å²) in [5, 5.41) is 6.17. The van der Waals surface area contributed by atoms with Crippen LogP contribution in [-0.2, 0) is 11.2 Å². The van der Waals surface area contributed by atoms with Gasteiger partial charge in [-0.05, 0) is 60.7 Å². The second-order valence-electron chi connectivity index (χ2n) is 6.74. The van der Waals surface area contributed by atoms with Gasteiger partial charge in [0, 0.05) is 35.5 Å². The zero-order valence-electron chi connectivity index (χ0n) is 16.1. The third-order valence-corrected chi connectivity index (χ3v) is 4.48. The number of carbonyl (C=O) groups excluding carboxylic acids is 1. The second-order valence-corrected chi connectivity index (χ2v) is 6.74. The first kappa shape index (κ1) is 19.4. The van der Waals surface area contributed by atoms with Gasteiger partial charge in [-0.25, -0.2) is 9.37 Å². The van der Waals surface area contributed by atoms with Gasteiger partial charge < -0.3 is 15.1 Å². The number of amides is 1. The molecule has 0 bridgehead atoms. The Morgan fingerprint density at radius 1 is 0.867 bits per heavy atom. The maximum absolute atomic E-state index is 13.0. The largest absolute Gasteiger partial charge is 0.441 e. The van der Waals surface area contributed by atoms with Gasteiger partial charge in [0.05, 0.1) is 6.20 Å². The van der Waals surface area contributed by atoms with Crippen molar-refractivity contribution in [3.63, 3.8) is 0 Å². The predicted molar refractivity (Wildman–Crippen MR) is 115 cm³/mol. The minimum Gasteiger partial charge on any atom is -0.441 e. The van der Waals surface area contributed by atoms with Crippen molar-refractivity contribution in [3.05, 3.63) is 96.8 Å². The lowest BCUT2D eigenvalue weighted by Crippen LogP contribution is -2.12. The first-order valence-electron chi connectivity index (χ1n) is 9.58. The molecule has 1 heterocycles. The number of oxazole rings is 1. The third-order valence-electron chi connectivity index (χ3n) is 4.48. The van der Waals surface area contributed by atoms with Crippen LogP contribution in [-0.4, -0.2) is 10.9 Å². The van der Waals surface area contributed by atoms with Gasteiger partial charge in [-0.2, -0.15) is 0 Å². The monoisotopic (exact) mass is 401 g/mol. The van der Waals surface area contributed by atoms with E-state index in [1.54, 1.807) is 18.3 Å². The van der Waals surface area contributed by atoms with Gasteiger partial charge >= 0.3 is 0 Å². The van der Waals surface area contributed by atoms with Crippen LogP contribution in [0.2, 0.25) is 0 Å². The zero-order chi connectivity index (χ0) is 20.8. The normalized spacial score (nSPS) is 10.6. The third kappa shape index (κ3) is 5.11. The van der Waals surface area contributed by atoms with Gasteiger partial charge in [-0.15, -0.1) is 0 Å². The van der Waals surface area contributed by atoms with Crippen molar-refractivity contribution in [1.82, 2.24) is 4.98 Å². The van der Waals surface area contributed by atoms with E-state index in [0.717, 1.165) is 22.6 Å². The molecule has 6 heteroatoms. The molecule has 3 aromatic carbocycles. The number of hydrogen-bond donors (Lipinski definition) is 2. The average Bonchev–Trinajstić information content (AvgIpc) is 3.24. The number of benzene rings is 3. The van der Waals surface area contributed by atoms with Crippen LogP contribution in [0.4, 0.5) is 21.5 Å². The number of aryl methyl sites for hydroxylation is 1. The average molecular weight is 401 g/mol. The van der Waals surface area contributed by atoms with Gasteiger partial charge in [0.1, 0.15) is 5.82 Å². The number of hydrogen-bond acceptors (Lipinski definition) is 4. The fourth-order valence-corrected chi connectivity index (χ4v) is 2.94. The molecule has 4 aromatic rings. The van der Waals surface area contributed by atoms with E-state index in [0.29, 0.717) is 18.1 Å². The van der Waals surface area contributed by atoms with Crippen molar-refractivity contribution in [2.45, 2.75) is 12.8 Å². The molecule has 0 aliphatic carbocycles. The number of nitrogens with zero attached hydrogens (tertiary/aromatic N) is 1. The highest BCUT2D eigenvalue weighted by Crippen LogP contribution is 2.22. The van der Waals surface area contributed by atoms with Crippen LogP contribution in [0.15, 0.2) is 89.5 Å². The molecule has 0 saturated carbocycles. The van der Waals surface area contributed by atoms with Gasteiger partial charge in [-0.3, -0.25) is 4.79 Å². The number of aromatic nitrogens is 1. The molecule has 0 radical (unpaired) electrons. The Kier molecular flexibility index (Phi) is 5.85. The molecule has 0 aliphatic rings. The standard InChI is InChI=1S/C24H20FN3O2/c25-18-8-6-17(7-9-18)22-16-26-24(30-22)15-14-23(29)28-21-12-10-20(11-13-21)27-19-4-2-1-3-5-19/h1-13,16,27H,14-15H2,(H,28,29). The molecule has 0 unspecified atom stereocenters. The fourth-order valence-electron chi connectivity index (χ4n) is 2.94. The van der Waals surface area contributed by atoms with Crippen molar-refractivity contribution in [2.75, 3.05) is 10.6 Å². The molecule has 30 heavy (non-hydrogen) atoms. The first-order valence-corrected chi connectivity index (χ1v) is 9.58. The molecule has 1 aromatic heterocycles. The summed E-state index contributed by atoms with van der Waals surface area (Å²) in [6.07, 6.45) is 2.20. The number of nitrogens with one attached hydrogen (secondary N) is 2. The lowest BCUT2D eigenvalue weighted by atomic mass is 10.2. The number of rotatable bonds is 7. The summed E-state index contributed by atoms with van der Waals surface area (Å²) < 4.78 is 18.7. The highest BCUT2D eigenvalue weighted by Gasteiger charge is 2.09. The highest BCUT2D eigenvalue weighted by atomic mass is 19.1. The van der Waals surface area contributed by atoms with Crippen LogP contribution in [0, 0.1) is 5.82 Å². The SMILES string of the molecule is O=C(CCc1ncc(-c2ccc(F)cc2)o1)Nc1ccc(Nc2ccccc2)cc1. The minimum absolute atomic E-state index is 0.125. The minimum atomic E-state index is -0.306. The lowest BCUT2D eigenvalue weighted by Gasteiger charge is -2.08. The van der Waals surface area contributed by atoms with E-state index in [2.05, 4.69) is 15.6 Å². The van der Waals surface area contributed by atoms with E-state index in [4.69, 9.17) is 4.42 Å². The number of para-hydroxylation sites is 1. The molecule has 2 N–H and O–H groups in total. The summed E-state index contributed by atoms with van der Waals surface area (Å²) in [7, 11) is 0. The Hall–Kier alpha value is -3.93. The number of anilines is 3. The Labute approximate surface area is 173 Å². The second kappa shape index (κ2) is 9.05. The van der Waals surface area contributed by atoms with Crippen molar-refractivity contribution < 1.29 is 13.6 Å². The number of halogens is 1. The summed E-state index contributed by atoms with van der Waals surface area (Å²) in [4.78, 5) is 16.4. The Bertz CT molecular complexity index is 1110. The Morgan fingerprint density at radius 3 is 2.27 bits per heavy atom. The van der Waals surface area contributed by atoms with Gasteiger partial charge in [-0.1, -0.05) is 18.2 Å². The van der Waals surface area contributed by atoms with E-state index in [9.17, 15) is 9.18 Å².